The second kappa shape index (κ2) is 3.78. The number of hydrogen-bond acceptors (Lipinski definition) is 3. The van der Waals surface area contributed by atoms with E-state index in [0.717, 1.165) is 0 Å². The largest absolute Gasteiger partial charge is 0.335 e. The minimum absolute atomic E-state index is 0.243. The molecule has 0 aliphatic rings. The lowest BCUT2D eigenvalue weighted by atomic mass is 10.2. The number of aromatic nitrogens is 4. The van der Waals surface area contributed by atoms with Crippen molar-refractivity contribution < 1.29 is 4.39 Å². The Hall–Kier alpha value is -2.01. The molecule has 0 aliphatic carbocycles. The van der Waals surface area contributed by atoms with Gasteiger partial charge in [0.05, 0.1) is 16.8 Å². The summed E-state index contributed by atoms with van der Waals surface area (Å²) in [6.45, 7) is 0. The number of rotatable bonds is 1. The van der Waals surface area contributed by atoms with Gasteiger partial charge in [-0.15, -0.1) is 0 Å². The number of benzene rings is 1. The van der Waals surface area contributed by atoms with Crippen LogP contribution in [0.25, 0.3) is 22.6 Å². The van der Waals surface area contributed by atoms with Crippen LogP contribution in [-0.4, -0.2) is 19.9 Å². The molecule has 0 aliphatic heterocycles. The highest BCUT2D eigenvalue weighted by molar-refractivity contribution is 6.33. The van der Waals surface area contributed by atoms with Crippen molar-refractivity contribution >= 4 is 22.8 Å². The van der Waals surface area contributed by atoms with Gasteiger partial charge in [-0.2, -0.15) is 0 Å². The van der Waals surface area contributed by atoms with Crippen molar-refractivity contribution in [1.29, 1.82) is 0 Å². The Morgan fingerprint density at radius 2 is 2.18 bits per heavy atom. The summed E-state index contributed by atoms with van der Waals surface area (Å²) < 4.78 is 13.7. The number of nitrogens with one attached hydrogen (secondary N) is 1. The number of fused-ring (bicyclic) bond motifs is 1. The highest BCUT2D eigenvalue weighted by atomic mass is 35.5. The fourth-order valence-corrected chi connectivity index (χ4v) is 1.86. The zero-order chi connectivity index (χ0) is 11.8. The van der Waals surface area contributed by atoms with Gasteiger partial charge in [-0.1, -0.05) is 17.7 Å². The number of H-pyrrole nitrogens is 1. The zero-order valence-corrected chi connectivity index (χ0v) is 9.24. The summed E-state index contributed by atoms with van der Waals surface area (Å²) in [6, 6.07) is 4.49. The topological polar surface area (TPSA) is 54.5 Å². The summed E-state index contributed by atoms with van der Waals surface area (Å²) in [5.41, 5.74) is 1.36. The first kappa shape index (κ1) is 10.2. The molecule has 2 heterocycles. The highest BCUT2D eigenvalue weighted by Gasteiger charge is 2.13. The molecule has 0 radical (unpaired) electrons. The number of halogens is 2. The Morgan fingerprint density at radius 1 is 1.29 bits per heavy atom. The molecule has 1 N–H and O–H groups in total. The van der Waals surface area contributed by atoms with Crippen LogP contribution >= 0.6 is 11.6 Å². The van der Waals surface area contributed by atoms with Crippen LogP contribution < -0.4 is 0 Å². The number of aromatic amines is 1. The molecule has 0 saturated heterocycles. The molecule has 0 atom stereocenters. The Morgan fingerprint density at radius 3 is 2.94 bits per heavy atom. The second-order valence-corrected chi connectivity index (χ2v) is 3.85. The van der Waals surface area contributed by atoms with Gasteiger partial charge < -0.3 is 4.98 Å². The van der Waals surface area contributed by atoms with Gasteiger partial charge >= 0.3 is 0 Å². The molecular weight excluding hydrogens is 243 g/mol. The summed E-state index contributed by atoms with van der Waals surface area (Å²) >= 11 is 5.96. The molecule has 1 aromatic carbocycles. The van der Waals surface area contributed by atoms with Gasteiger partial charge in [0.2, 0.25) is 0 Å². The summed E-state index contributed by atoms with van der Waals surface area (Å²) in [5, 5.41) is 0.303. The van der Waals surface area contributed by atoms with Crippen LogP contribution in [0, 0.1) is 5.82 Å². The first-order valence-corrected chi connectivity index (χ1v) is 5.23. The van der Waals surface area contributed by atoms with Crippen LogP contribution in [0.2, 0.25) is 5.02 Å². The van der Waals surface area contributed by atoms with Crippen LogP contribution in [0.3, 0.4) is 0 Å². The molecule has 84 valence electrons. The molecule has 3 aromatic rings. The third kappa shape index (κ3) is 1.64. The maximum absolute atomic E-state index is 13.7. The molecule has 17 heavy (non-hydrogen) atoms. The van der Waals surface area contributed by atoms with Crippen molar-refractivity contribution in [2.45, 2.75) is 0 Å². The van der Waals surface area contributed by atoms with Gasteiger partial charge in [0.15, 0.2) is 5.65 Å². The fraction of sp³-hybridized carbons (Fsp3) is 0. The summed E-state index contributed by atoms with van der Waals surface area (Å²) in [5.74, 6) is -0.0758. The maximum atomic E-state index is 13.7. The standard InChI is InChI=1S/C11H6ClFN4/c12-6-2-1-3-7(13)9(6)11-16-8-4-14-5-15-10(8)17-11/h1-5H,(H,14,15,16,17). The number of imidazole rings is 1. The van der Waals surface area contributed by atoms with E-state index in [2.05, 4.69) is 19.9 Å². The lowest BCUT2D eigenvalue weighted by molar-refractivity contribution is 0.630. The average Bonchev–Trinajstić information content (AvgIpc) is 2.71. The van der Waals surface area contributed by atoms with Gasteiger partial charge in [0.25, 0.3) is 0 Å². The molecule has 3 rings (SSSR count). The Labute approximate surface area is 101 Å². The zero-order valence-electron chi connectivity index (χ0n) is 8.48. The van der Waals surface area contributed by atoms with E-state index in [1.807, 2.05) is 0 Å². The van der Waals surface area contributed by atoms with E-state index >= 15 is 0 Å². The fourth-order valence-electron chi connectivity index (χ4n) is 1.60. The van der Waals surface area contributed by atoms with Crippen LogP contribution in [0.1, 0.15) is 0 Å². The lowest BCUT2D eigenvalue weighted by Gasteiger charge is -2.01. The first-order chi connectivity index (χ1) is 8.25. The van der Waals surface area contributed by atoms with E-state index in [4.69, 9.17) is 11.6 Å². The molecular formula is C11H6ClFN4. The monoisotopic (exact) mass is 248 g/mol. The molecule has 0 spiro atoms. The van der Waals surface area contributed by atoms with E-state index < -0.39 is 5.82 Å². The maximum Gasteiger partial charge on any atom is 0.181 e. The second-order valence-electron chi connectivity index (χ2n) is 3.44. The quantitative estimate of drug-likeness (QED) is 0.720. The van der Waals surface area contributed by atoms with Crippen LogP contribution in [-0.2, 0) is 0 Å². The molecule has 2 aromatic heterocycles. The molecule has 6 heteroatoms. The van der Waals surface area contributed by atoms with Crippen molar-refractivity contribution in [1.82, 2.24) is 19.9 Å². The highest BCUT2D eigenvalue weighted by Crippen LogP contribution is 2.29. The number of hydrogen-bond donors (Lipinski definition) is 1. The molecule has 0 saturated carbocycles. The Kier molecular flexibility index (Phi) is 2.26. The van der Waals surface area contributed by atoms with Gasteiger partial charge in [-0.05, 0) is 12.1 Å². The molecule has 0 fully saturated rings. The van der Waals surface area contributed by atoms with Crippen molar-refractivity contribution in [3.8, 4) is 11.4 Å². The first-order valence-electron chi connectivity index (χ1n) is 4.86. The van der Waals surface area contributed by atoms with Gasteiger partial charge in [0, 0.05) is 0 Å². The normalized spacial score (nSPS) is 10.9. The summed E-state index contributed by atoms with van der Waals surface area (Å²) in [7, 11) is 0. The van der Waals surface area contributed by atoms with Crippen molar-refractivity contribution in [3.05, 3.63) is 41.6 Å². The Bertz CT molecular complexity index is 642. The summed E-state index contributed by atoms with van der Waals surface area (Å²) in [4.78, 5) is 14.9. The molecule has 0 amide bonds. The van der Waals surface area contributed by atoms with E-state index in [1.54, 1.807) is 18.3 Å². The lowest BCUT2D eigenvalue weighted by Crippen LogP contribution is -1.87. The summed E-state index contributed by atoms with van der Waals surface area (Å²) in [6.07, 6.45) is 2.96. The smallest absolute Gasteiger partial charge is 0.181 e. The van der Waals surface area contributed by atoms with E-state index in [0.29, 0.717) is 22.0 Å². The van der Waals surface area contributed by atoms with E-state index in [-0.39, 0.29) is 5.56 Å². The van der Waals surface area contributed by atoms with E-state index in [1.165, 1.54) is 12.4 Å². The van der Waals surface area contributed by atoms with Gasteiger partial charge in [-0.3, -0.25) is 0 Å². The third-order valence-electron chi connectivity index (χ3n) is 2.36. The van der Waals surface area contributed by atoms with Crippen LogP contribution in [0.4, 0.5) is 4.39 Å². The molecule has 0 unspecified atom stereocenters. The third-order valence-corrected chi connectivity index (χ3v) is 2.68. The minimum atomic E-state index is -0.426. The Balaban J connectivity index is 2.27. The number of nitrogens with zero attached hydrogens (tertiary/aromatic N) is 3. The van der Waals surface area contributed by atoms with Crippen LogP contribution in [0.5, 0.6) is 0 Å². The predicted octanol–water partition coefficient (Wildman–Crippen LogP) is 2.81. The predicted molar refractivity (Wildman–Crippen MR) is 62.1 cm³/mol. The molecule has 0 bridgehead atoms. The minimum Gasteiger partial charge on any atom is -0.335 e. The average molecular weight is 249 g/mol. The molecule has 4 nitrogen and oxygen atoms in total. The van der Waals surface area contributed by atoms with Gasteiger partial charge in [0.1, 0.15) is 23.5 Å². The SMILES string of the molecule is Fc1cccc(Cl)c1-c1nc2ncncc2[nH]1. The van der Waals surface area contributed by atoms with Crippen molar-refractivity contribution in [2.24, 2.45) is 0 Å². The van der Waals surface area contributed by atoms with E-state index in [9.17, 15) is 4.39 Å². The van der Waals surface area contributed by atoms with Crippen molar-refractivity contribution in [2.75, 3.05) is 0 Å². The van der Waals surface area contributed by atoms with Gasteiger partial charge in [-0.25, -0.2) is 19.3 Å². The van der Waals surface area contributed by atoms with Crippen LogP contribution in [0.15, 0.2) is 30.7 Å². The van der Waals surface area contributed by atoms with Crippen molar-refractivity contribution in [3.63, 3.8) is 0 Å².